The number of carbonyl (C=O) groups is 2. The lowest BCUT2D eigenvalue weighted by Gasteiger charge is -2.15. The molecule has 0 amide bonds. The predicted octanol–water partition coefficient (Wildman–Crippen LogP) is 6.17. The van der Waals surface area contributed by atoms with Crippen LogP contribution in [0.2, 0.25) is 10.0 Å². The molecule has 0 saturated heterocycles. The van der Waals surface area contributed by atoms with Crippen LogP contribution in [0, 0.1) is 20.8 Å². The van der Waals surface area contributed by atoms with Gasteiger partial charge in [0.2, 0.25) is 11.6 Å². The summed E-state index contributed by atoms with van der Waals surface area (Å²) in [6, 6.07) is 8.91. The summed E-state index contributed by atoms with van der Waals surface area (Å²) in [6.07, 6.45) is 0. The second kappa shape index (κ2) is 6.80. The Morgan fingerprint density at radius 3 is 2.25 bits per heavy atom. The van der Waals surface area contributed by atoms with Crippen molar-refractivity contribution >= 4 is 40.5 Å². The number of hydrogen-bond donors (Lipinski definition) is 1. The van der Waals surface area contributed by atoms with E-state index < -0.39 is 11.6 Å². The van der Waals surface area contributed by atoms with Gasteiger partial charge in [-0.15, -0.1) is 0 Å². The van der Waals surface area contributed by atoms with E-state index in [1.54, 1.807) is 25.1 Å². The zero-order valence-electron chi connectivity index (χ0n) is 15.6. The maximum Gasteiger partial charge on any atom is 0.237 e. The molecule has 0 fully saturated rings. The minimum absolute atomic E-state index is 0.346. The molecule has 6 heteroatoms. The zero-order valence-corrected chi connectivity index (χ0v) is 17.1. The Bertz CT molecular complexity index is 1160. The largest absolute Gasteiger partial charge is 0.458 e. The molecule has 0 atom stereocenters. The topological polar surface area (TPSA) is 59.3 Å². The molecule has 142 valence electrons. The maximum absolute atomic E-state index is 12.7. The number of anilines is 1. The third kappa shape index (κ3) is 2.93. The molecule has 28 heavy (non-hydrogen) atoms. The normalized spacial score (nSPS) is 12.8. The van der Waals surface area contributed by atoms with Crippen molar-refractivity contribution in [1.82, 2.24) is 0 Å². The molecule has 0 unspecified atom stereocenters. The summed E-state index contributed by atoms with van der Waals surface area (Å²) in [4.78, 5) is 25.3. The molecule has 0 aliphatic heterocycles. The van der Waals surface area contributed by atoms with Crippen molar-refractivity contribution in [3.63, 3.8) is 0 Å². The molecule has 1 heterocycles. The molecule has 2 aromatic carbocycles. The fourth-order valence-electron chi connectivity index (χ4n) is 3.41. The minimum atomic E-state index is -0.521. The summed E-state index contributed by atoms with van der Waals surface area (Å²) in [5.74, 6) is 0.0562. The van der Waals surface area contributed by atoms with Gasteiger partial charge in [0.25, 0.3) is 0 Å². The maximum atomic E-state index is 12.7. The Morgan fingerprint density at radius 2 is 1.57 bits per heavy atom. The van der Waals surface area contributed by atoms with Crippen molar-refractivity contribution < 1.29 is 14.0 Å². The van der Waals surface area contributed by atoms with Crippen LogP contribution >= 0.6 is 23.2 Å². The number of ketones is 2. The number of hydrogen-bond acceptors (Lipinski definition) is 4. The molecule has 4 nitrogen and oxygen atoms in total. The van der Waals surface area contributed by atoms with Gasteiger partial charge in [-0.05, 0) is 62.2 Å². The van der Waals surface area contributed by atoms with Gasteiger partial charge in [0, 0.05) is 22.4 Å². The second-order valence-electron chi connectivity index (χ2n) is 6.98. The number of aryl methyl sites for hydroxylation is 2. The Hall–Kier alpha value is -2.56. The van der Waals surface area contributed by atoms with Crippen LogP contribution in [0.15, 0.2) is 34.7 Å². The van der Waals surface area contributed by atoms with Gasteiger partial charge in [0.15, 0.2) is 0 Å². The highest BCUT2D eigenvalue weighted by Gasteiger charge is 2.36. The van der Waals surface area contributed by atoms with Crippen LogP contribution in [0.4, 0.5) is 5.69 Å². The second-order valence-corrected chi connectivity index (χ2v) is 7.79. The van der Waals surface area contributed by atoms with E-state index in [9.17, 15) is 9.59 Å². The van der Waals surface area contributed by atoms with E-state index in [1.165, 1.54) is 0 Å². The zero-order chi connectivity index (χ0) is 20.2. The summed E-state index contributed by atoms with van der Waals surface area (Å²) >= 11 is 12.0. The standard InChI is InChI=1S/C22H17Cl2NO3/c1-10-6-14-15(7-11(10)2)22-19(21(27)20(14)26)12(3)18(28-22)9-25-13-4-5-16(23)17(24)8-13/h4-8,25H,9H2,1-3H3. The van der Waals surface area contributed by atoms with Gasteiger partial charge in [-0.3, -0.25) is 9.59 Å². The van der Waals surface area contributed by atoms with Crippen LogP contribution in [0.5, 0.6) is 0 Å². The van der Waals surface area contributed by atoms with Gasteiger partial charge in [0.05, 0.1) is 22.2 Å². The van der Waals surface area contributed by atoms with Crippen LogP contribution in [0.1, 0.15) is 43.2 Å². The van der Waals surface area contributed by atoms with Crippen molar-refractivity contribution in [2.75, 3.05) is 5.32 Å². The first-order chi connectivity index (χ1) is 13.3. The average Bonchev–Trinajstić information content (AvgIpc) is 2.99. The van der Waals surface area contributed by atoms with E-state index in [0.29, 0.717) is 50.4 Å². The first-order valence-electron chi connectivity index (χ1n) is 8.79. The van der Waals surface area contributed by atoms with Crippen LogP contribution in [0.25, 0.3) is 11.3 Å². The number of carbonyl (C=O) groups excluding carboxylic acids is 2. The number of nitrogens with one attached hydrogen (secondary N) is 1. The van der Waals surface area contributed by atoms with Crippen LogP contribution in [0.3, 0.4) is 0 Å². The van der Waals surface area contributed by atoms with Gasteiger partial charge in [-0.25, -0.2) is 0 Å². The number of rotatable bonds is 3. The van der Waals surface area contributed by atoms with Crippen LogP contribution < -0.4 is 5.32 Å². The summed E-state index contributed by atoms with van der Waals surface area (Å²) in [5.41, 5.74) is 4.88. The van der Waals surface area contributed by atoms with Gasteiger partial charge in [-0.2, -0.15) is 0 Å². The lowest BCUT2D eigenvalue weighted by molar-refractivity contribution is 0.0814. The van der Waals surface area contributed by atoms with Crippen molar-refractivity contribution in [1.29, 1.82) is 0 Å². The van der Waals surface area contributed by atoms with Crippen molar-refractivity contribution in [3.05, 3.63) is 74.0 Å². The molecule has 4 rings (SSSR count). The Balaban J connectivity index is 1.74. The Kier molecular flexibility index (Phi) is 4.56. The molecule has 0 bridgehead atoms. The fourth-order valence-corrected chi connectivity index (χ4v) is 3.71. The molecule has 1 aromatic heterocycles. The smallest absolute Gasteiger partial charge is 0.237 e. The highest BCUT2D eigenvalue weighted by molar-refractivity contribution is 6.53. The first-order valence-corrected chi connectivity index (χ1v) is 9.55. The number of Topliss-reactive ketones (excluding diaryl/α,β-unsaturated/α-hetero) is 2. The van der Waals surface area contributed by atoms with E-state index in [2.05, 4.69) is 5.32 Å². The lowest BCUT2D eigenvalue weighted by atomic mass is 9.85. The van der Waals surface area contributed by atoms with E-state index in [4.69, 9.17) is 27.6 Å². The SMILES string of the molecule is Cc1cc2c(cc1C)-c1oc(CNc3ccc(Cl)c(Cl)c3)c(C)c1C(=O)C2=O. The molecule has 1 aliphatic rings. The predicted molar refractivity (Wildman–Crippen MR) is 111 cm³/mol. The van der Waals surface area contributed by atoms with Gasteiger partial charge >= 0.3 is 0 Å². The molecule has 1 aliphatic carbocycles. The third-order valence-electron chi connectivity index (χ3n) is 5.17. The third-order valence-corrected chi connectivity index (χ3v) is 5.91. The van der Waals surface area contributed by atoms with Crippen molar-refractivity contribution in [2.24, 2.45) is 0 Å². The van der Waals surface area contributed by atoms with Crippen LogP contribution in [-0.4, -0.2) is 11.6 Å². The van der Waals surface area contributed by atoms with E-state index in [0.717, 1.165) is 16.8 Å². The van der Waals surface area contributed by atoms with E-state index in [1.807, 2.05) is 26.0 Å². The number of benzene rings is 2. The number of fused-ring (bicyclic) bond motifs is 3. The molecule has 3 aromatic rings. The highest BCUT2D eigenvalue weighted by Crippen LogP contribution is 2.39. The number of halogens is 2. The van der Waals surface area contributed by atoms with E-state index in [-0.39, 0.29) is 0 Å². The van der Waals surface area contributed by atoms with E-state index >= 15 is 0 Å². The quantitative estimate of drug-likeness (QED) is 0.521. The summed E-state index contributed by atoms with van der Waals surface area (Å²) in [6.45, 7) is 6.03. The molecule has 0 saturated carbocycles. The molecule has 0 radical (unpaired) electrons. The van der Waals surface area contributed by atoms with Gasteiger partial charge in [0.1, 0.15) is 11.5 Å². The van der Waals surface area contributed by atoms with Gasteiger partial charge < -0.3 is 9.73 Å². The molecular weight excluding hydrogens is 397 g/mol. The monoisotopic (exact) mass is 413 g/mol. The summed E-state index contributed by atoms with van der Waals surface area (Å²) < 4.78 is 6.06. The fraction of sp³-hybridized carbons (Fsp3) is 0.182. The average molecular weight is 414 g/mol. The van der Waals surface area contributed by atoms with Crippen LogP contribution in [-0.2, 0) is 6.54 Å². The first kappa shape index (κ1) is 18.8. The Morgan fingerprint density at radius 1 is 0.893 bits per heavy atom. The summed E-state index contributed by atoms with van der Waals surface area (Å²) in [5, 5.41) is 4.14. The Labute approximate surface area is 172 Å². The highest BCUT2D eigenvalue weighted by atomic mass is 35.5. The molecule has 0 spiro atoms. The van der Waals surface area contributed by atoms with Crippen molar-refractivity contribution in [2.45, 2.75) is 27.3 Å². The number of furan rings is 1. The van der Waals surface area contributed by atoms with Crippen molar-refractivity contribution in [3.8, 4) is 11.3 Å². The minimum Gasteiger partial charge on any atom is -0.458 e. The lowest BCUT2D eigenvalue weighted by Crippen LogP contribution is -2.21. The molecular formula is C22H17Cl2NO3. The molecule has 1 N–H and O–H groups in total. The van der Waals surface area contributed by atoms with Gasteiger partial charge in [-0.1, -0.05) is 23.2 Å². The summed E-state index contributed by atoms with van der Waals surface area (Å²) in [7, 11) is 0.